The molecule has 0 aliphatic carbocycles. The number of nitrogens with two attached hydrogens (primary N) is 1. The van der Waals surface area contributed by atoms with Crippen LogP contribution in [-0.4, -0.2) is 37.8 Å². The molecular formula is C15H22N2O3. The van der Waals surface area contributed by atoms with Gasteiger partial charge in [-0.2, -0.15) is 0 Å². The monoisotopic (exact) mass is 278 g/mol. The molecule has 1 amide bonds. The first kappa shape index (κ1) is 14.8. The summed E-state index contributed by atoms with van der Waals surface area (Å²) in [4.78, 5) is 12.1. The Hall–Kier alpha value is -1.59. The van der Waals surface area contributed by atoms with Gasteiger partial charge in [0, 0.05) is 13.2 Å². The van der Waals surface area contributed by atoms with Crippen molar-refractivity contribution in [1.82, 2.24) is 5.32 Å². The Balaban J connectivity index is 1.73. The Morgan fingerprint density at radius 2 is 2.10 bits per heavy atom. The zero-order valence-corrected chi connectivity index (χ0v) is 11.9. The lowest BCUT2D eigenvalue weighted by Crippen LogP contribution is -2.57. The van der Waals surface area contributed by atoms with Crippen LogP contribution in [0.1, 0.15) is 18.4 Å². The number of benzene rings is 1. The molecule has 110 valence electrons. The van der Waals surface area contributed by atoms with Crippen molar-refractivity contribution >= 4 is 5.91 Å². The van der Waals surface area contributed by atoms with Crippen molar-refractivity contribution in [1.29, 1.82) is 0 Å². The van der Waals surface area contributed by atoms with Crippen LogP contribution in [0.2, 0.25) is 0 Å². The number of amides is 1. The summed E-state index contributed by atoms with van der Waals surface area (Å²) in [5, 5.41) is 2.84. The van der Waals surface area contributed by atoms with Crippen LogP contribution in [0.4, 0.5) is 0 Å². The second kappa shape index (κ2) is 6.72. The van der Waals surface area contributed by atoms with Gasteiger partial charge in [0.25, 0.3) is 0 Å². The van der Waals surface area contributed by atoms with E-state index in [2.05, 4.69) is 5.32 Å². The molecule has 2 rings (SSSR count). The third kappa shape index (κ3) is 3.71. The van der Waals surface area contributed by atoms with Crippen LogP contribution >= 0.6 is 0 Å². The van der Waals surface area contributed by atoms with Gasteiger partial charge in [0.15, 0.2) is 0 Å². The highest BCUT2D eigenvalue weighted by molar-refractivity contribution is 5.86. The Morgan fingerprint density at radius 3 is 2.80 bits per heavy atom. The average Bonchev–Trinajstić information content (AvgIpc) is 2.46. The molecule has 1 fully saturated rings. The molecule has 20 heavy (non-hydrogen) atoms. The number of hydrogen-bond acceptors (Lipinski definition) is 4. The standard InChI is InChI=1S/C15H22N2O3/c1-12-4-2-3-5-13(12)20-11-8-17-14(18)15(16)6-9-19-10-7-15/h2-5H,6-11,16H2,1H3,(H,17,18). The molecule has 1 heterocycles. The number of carbonyl (C=O) groups is 1. The van der Waals surface area contributed by atoms with Crippen molar-refractivity contribution in [2.75, 3.05) is 26.4 Å². The first-order valence-electron chi connectivity index (χ1n) is 6.95. The maximum absolute atomic E-state index is 12.1. The van der Waals surface area contributed by atoms with Crippen molar-refractivity contribution in [2.24, 2.45) is 5.73 Å². The molecule has 3 N–H and O–H groups in total. The van der Waals surface area contributed by atoms with E-state index in [9.17, 15) is 4.79 Å². The van der Waals surface area contributed by atoms with Crippen molar-refractivity contribution in [2.45, 2.75) is 25.3 Å². The summed E-state index contributed by atoms with van der Waals surface area (Å²) in [7, 11) is 0. The van der Waals surface area contributed by atoms with E-state index in [4.69, 9.17) is 15.2 Å². The molecule has 0 unspecified atom stereocenters. The molecule has 0 saturated carbocycles. The summed E-state index contributed by atoms with van der Waals surface area (Å²) in [6.45, 7) is 3.97. The van der Waals surface area contributed by atoms with Crippen LogP contribution in [0.5, 0.6) is 5.75 Å². The predicted octanol–water partition coefficient (Wildman–Crippen LogP) is 0.998. The van der Waals surface area contributed by atoms with E-state index >= 15 is 0 Å². The molecular weight excluding hydrogens is 256 g/mol. The van der Waals surface area contributed by atoms with E-state index in [0.29, 0.717) is 39.2 Å². The summed E-state index contributed by atoms with van der Waals surface area (Å²) in [6.07, 6.45) is 1.13. The van der Waals surface area contributed by atoms with Crippen LogP contribution in [0.25, 0.3) is 0 Å². The lowest BCUT2D eigenvalue weighted by atomic mass is 9.90. The molecule has 0 radical (unpaired) electrons. The van der Waals surface area contributed by atoms with Gasteiger partial charge in [-0.15, -0.1) is 0 Å². The number of hydrogen-bond donors (Lipinski definition) is 2. The van der Waals surface area contributed by atoms with Gasteiger partial charge in [-0.25, -0.2) is 0 Å². The van der Waals surface area contributed by atoms with Crippen LogP contribution < -0.4 is 15.8 Å². The second-order valence-electron chi connectivity index (χ2n) is 5.14. The van der Waals surface area contributed by atoms with Crippen LogP contribution in [0.15, 0.2) is 24.3 Å². The van der Waals surface area contributed by atoms with E-state index < -0.39 is 5.54 Å². The van der Waals surface area contributed by atoms with Gasteiger partial charge >= 0.3 is 0 Å². The lowest BCUT2D eigenvalue weighted by Gasteiger charge is -2.31. The number of carbonyl (C=O) groups excluding carboxylic acids is 1. The fourth-order valence-corrected chi connectivity index (χ4v) is 2.18. The first-order chi connectivity index (χ1) is 9.62. The normalized spacial score (nSPS) is 17.5. The van der Waals surface area contributed by atoms with Gasteiger partial charge in [-0.3, -0.25) is 4.79 Å². The number of nitrogens with one attached hydrogen (secondary N) is 1. The van der Waals surface area contributed by atoms with E-state index in [1.54, 1.807) is 0 Å². The summed E-state index contributed by atoms with van der Waals surface area (Å²) < 4.78 is 10.9. The van der Waals surface area contributed by atoms with Gasteiger partial charge < -0.3 is 20.5 Å². The Labute approximate surface area is 119 Å². The minimum atomic E-state index is -0.791. The third-order valence-electron chi connectivity index (χ3n) is 3.58. The zero-order chi connectivity index (χ0) is 14.4. The number of ether oxygens (including phenoxy) is 2. The Morgan fingerprint density at radius 1 is 1.40 bits per heavy atom. The highest BCUT2D eigenvalue weighted by Crippen LogP contribution is 2.18. The predicted molar refractivity (Wildman–Crippen MR) is 76.7 cm³/mol. The minimum Gasteiger partial charge on any atom is -0.491 e. The van der Waals surface area contributed by atoms with Gasteiger partial charge in [0.1, 0.15) is 12.4 Å². The highest BCUT2D eigenvalue weighted by Gasteiger charge is 2.35. The molecule has 1 aliphatic heterocycles. The maximum atomic E-state index is 12.1. The highest BCUT2D eigenvalue weighted by atomic mass is 16.5. The van der Waals surface area contributed by atoms with Crippen molar-refractivity contribution in [3.63, 3.8) is 0 Å². The molecule has 0 spiro atoms. The van der Waals surface area contributed by atoms with E-state index in [1.807, 2.05) is 31.2 Å². The summed E-state index contributed by atoms with van der Waals surface area (Å²) in [6, 6.07) is 7.80. The SMILES string of the molecule is Cc1ccccc1OCCNC(=O)C1(N)CCOCC1. The van der Waals surface area contributed by atoms with Crippen LogP contribution in [0.3, 0.4) is 0 Å². The fraction of sp³-hybridized carbons (Fsp3) is 0.533. The van der Waals surface area contributed by atoms with Crippen molar-refractivity contribution in [3.8, 4) is 5.75 Å². The molecule has 1 aromatic rings. The molecule has 1 aliphatic rings. The van der Waals surface area contributed by atoms with E-state index in [0.717, 1.165) is 11.3 Å². The van der Waals surface area contributed by atoms with Crippen LogP contribution in [0, 0.1) is 6.92 Å². The molecule has 0 bridgehead atoms. The molecule has 0 aromatic heterocycles. The van der Waals surface area contributed by atoms with Gasteiger partial charge in [0.05, 0.1) is 12.1 Å². The Bertz CT molecular complexity index is 456. The minimum absolute atomic E-state index is 0.116. The number of para-hydroxylation sites is 1. The van der Waals surface area contributed by atoms with Gasteiger partial charge in [-0.05, 0) is 31.4 Å². The lowest BCUT2D eigenvalue weighted by molar-refractivity contribution is -0.129. The van der Waals surface area contributed by atoms with Gasteiger partial charge in [-0.1, -0.05) is 18.2 Å². The largest absolute Gasteiger partial charge is 0.491 e. The number of rotatable bonds is 5. The number of aryl methyl sites for hydroxylation is 1. The quantitative estimate of drug-likeness (QED) is 0.788. The summed E-state index contributed by atoms with van der Waals surface area (Å²) in [5.41, 5.74) is 6.38. The topological polar surface area (TPSA) is 73.6 Å². The van der Waals surface area contributed by atoms with Crippen molar-refractivity contribution in [3.05, 3.63) is 29.8 Å². The van der Waals surface area contributed by atoms with Crippen LogP contribution in [-0.2, 0) is 9.53 Å². The summed E-state index contributed by atoms with van der Waals surface area (Å²) >= 11 is 0. The first-order valence-corrected chi connectivity index (χ1v) is 6.95. The molecule has 5 nitrogen and oxygen atoms in total. The average molecular weight is 278 g/mol. The molecule has 5 heteroatoms. The third-order valence-corrected chi connectivity index (χ3v) is 3.58. The van der Waals surface area contributed by atoms with Crippen molar-refractivity contribution < 1.29 is 14.3 Å². The fourth-order valence-electron chi connectivity index (χ4n) is 2.18. The zero-order valence-electron chi connectivity index (χ0n) is 11.9. The summed E-state index contributed by atoms with van der Waals surface area (Å²) in [5.74, 6) is 0.726. The second-order valence-corrected chi connectivity index (χ2v) is 5.14. The maximum Gasteiger partial charge on any atom is 0.240 e. The smallest absolute Gasteiger partial charge is 0.240 e. The molecule has 1 aromatic carbocycles. The molecule has 1 saturated heterocycles. The molecule has 0 atom stereocenters. The van der Waals surface area contributed by atoms with E-state index in [-0.39, 0.29) is 5.91 Å². The Kier molecular flexibility index (Phi) is 4.98. The van der Waals surface area contributed by atoms with Gasteiger partial charge in [0.2, 0.25) is 5.91 Å². The van der Waals surface area contributed by atoms with E-state index in [1.165, 1.54) is 0 Å².